The Hall–Kier alpha value is -3.29. The topological polar surface area (TPSA) is 68.7 Å². The maximum Gasteiger partial charge on any atom is 0.162 e. The van der Waals surface area contributed by atoms with E-state index in [1.54, 1.807) is 0 Å². The molecule has 0 atom stereocenters. The van der Waals surface area contributed by atoms with Gasteiger partial charge in [0.1, 0.15) is 11.2 Å². The van der Waals surface area contributed by atoms with Crippen molar-refractivity contribution in [2.75, 3.05) is 5.32 Å². The van der Waals surface area contributed by atoms with E-state index in [2.05, 4.69) is 49.0 Å². The summed E-state index contributed by atoms with van der Waals surface area (Å²) in [4.78, 5) is 12.3. The third-order valence-electron chi connectivity index (χ3n) is 6.87. The van der Waals surface area contributed by atoms with Crippen LogP contribution in [0.4, 0.5) is 11.6 Å². The quantitative estimate of drug-likeness (QED) is 0.473. The van der Waals surface area contributed by atoms with Crippen LogP contribution in [0.1, 0.15) is 44.0 Å². The Morgan fingerprint density at radius 1 is 1.19 bits per heavy atom. The van der Waals surface area contributed by atoms with E-state index in [1.807, 2.05) is 38.1 Å². The number of nitrogens with one attached hydrogen (secondary N) is 1. The minimum absolute atomic E-state index is 0.660. The molecule has 4 aromatic rings. The first kappa shape index (κ1) is 19.4. The van der Waals surface area contributed by atoms with Gasteiger partial charge in [-0.05, 0) is 45.6 Å². The van der Waals surface area contributed by atoms with Crippen LogP contribution < -0.4 is 5.32 Å². The molecule has 0 radical (unpaired) electrons. The molecule has 32 heavy (non-hydrogen) atoms. The molecule has 8 heteroatoms. The summed E-state index contributed by atoms with van der Waals surface area (Å²) in [6.45, 7) is 9.62. The monoisotopic (exact) mass is 430 g/mol. The lowest BCUT2D eigenvalue weighted by Crippen LogP contribution is -2.27. The lowest BCUT2D eigenvalue weighted by Gasteiger charge is -2.27. The summed E-state index contributed by atoms with van der Waals surface area (Å²) in [5, 5.41) is 9.09. The van der Waals surface area contributed by atoms with Crippen LogP contribution in [-0.2, 0) is 20.6 Å². The fourth-order valence-corrected chi connectivity index (χ4v) is 4.88. The highest BCUT2D eigenvalue weighted by molar-refractivity contribution is 6.07. The number of anilines is 2. The fraction of sp³-hybridized carbons (Fsp3) is 0.458. The van der Waals surface area contributed by atoms with Gasteiger partial charge in [0.05, 0.1) is 23.2 Å². The molecule has 0 saturated heterocycles. The van der Waals surface area contributed by atoms with Gasteiger partial charge in [-0.15, -0.1) is 0 Å². The average Bonchev–Trinajstić information content (AvgIpc) is 3.68. The van der Waals surface area contributed by atoms with Crippen LogP contribution in [0.15, 0.2) is 25.0 Å². The second-order valence-corrected chi connectivity index (χ2v) is 9.26. The van der Waals surface area contributed by atoms with Crippen LogP contribution in [0.2, 0.25) is 0 Å². The van der Waals surface area contributed by atoms with Gasteiger partial charge < -0.3 is 19.4 Å². The van der Waals surface area contributed by atoms with Gasteiger partial charge in [-0.1, -0.05) is 6.58 Å². The Bertz CT molecular complexity index is 1330. The number of aryl methyl sites for hydroxylation is 4. The van der Waals surface area contributed by atoms with Crippen LogP contribution in [-0.4, -0.2) is 45.9 Å². The summed E-state index contributed by atoms with van der Waals surface area (Å²) in [5.74, 6) is 1.51. The summed E-state index contributed by atoms with van der Waals surface area (Å²) >= 11 is 0. The Kier molecular flexibility index (Phi) is 4.15. The molecule has 166 valence electrons. The van der Waals surface area contributed by atoms with Gasteiger partial charge in [-0.3, -0.25) is 4.68 Å². The molecule has 0 spiro atoms. The minimum Gasteiger partial charge on any atom is -0.364 e. The Balaban J connectivity index is 1.52. The zero-order valence-corrected chi connectivity index (χ0v) is 19.3. The molecule has 0 bridgehead atoms. The van der Waals surface area contributed by atoms with Crippen LogP contribution >= 0.6 is 0 Å². The van der Waals surface area contributed by atoms with Crippen molar-refractivity contribution < 1.29 is 0 Å². The number of imidazole rings is 1. The summed E-state index contributed by atoms with van der Waals surface area (Å²) in [6, 6.07) is 5.61. The van der Waals surface area contributed by atoms with E-state index in [9.17, 15) is 0 Å². The third kappa shape index (κ3) is 2.92. The second-order valence-electron chi connectivity index (χ2n) is 9.26. The van der Waals surface area contributed by atoms with Gasteiger partial charge in [0.25, 0.3) is 0 Å². The van der Waals surface area contributed by atoms with Gasteiger partial charge in [-0.25, -0.2) is 9.97 Å². The molecule has 8 nitrogen and oxygen atoms in total. The molecule has 4 heterocycles. The fourth-order valence-electron chi connectivity index (χ4n) is 4.88. The number of hydrogen-bond acceptors (Lipinski definition) is 5. The van der Waals surface area contributed by atoms with Crippen molar-refractivity contribution in [3.63, 3.8) is 0 Å². The van der Waals surface area contributed by atoms with Gasteiger partial charge in [0.2, 0.25) is 0 Å². The highest BCUT2D eigenvalue weighted by atomic mass is 15.3. The zero-order valence-electron chi connectivity index (χ0n) is 19.3. The summed E-state index contributed by atoms with van der Waals surface area (Å²) in [6.07, 6.45) is 6.99. The van der Waals surface area contributed by atoms with Crippen LogP contribution in [0.25, 0.3) is 27.8 Å². The normalized spacial score (nSPS) is 16.2. The van der Waals surface area contributed by atoms with E-state index in [-0.39, 0.29) is 0 Å². The van der Waals surface area contributed by atoms with Crippen LogP contribution in [0.3, 0.4) is 0 Å². The molecule has 2 aliphatic rings. The standard InChI is InChI=1S/C24H30N8/c1-6-31-19(15(3)32(16-7-8-16)17-9-10-17)12-18-22-21(25-13-29(22)4)23(27-24(18)31)26-20-11-14(2)30(5)28-20/h11-13,16-17H,3,6-10H2,1-2,4-5H3,(H,26,27,28). The highest BCUT2D eigenvalue weighted by Gasteiger charge is 2.40. The Morgan fingerprint density at radius 3 is 2.50 bits per heavy atom. The molecule has 0 unspecified atom stereocenters. The van der Waals surface area contributed by atoms with Gasteiger partial charge >= 0.3 is 0 Å². The summed E-state index contributed by atoms with van der Waals surface area (Å²) in [7, 11) is 3.99. The number of fused-ring (bicyclic) bond motifs is 3. The van der Waals surface area contributed by atoms with Crippen molar-refractivity contribution in [2.45, 2.75) is 58.2 Å². The molecule has 2 fully saturated rings. The van der Waals surface area contributed by atoms with Gasteiger partial charge in [-0.2, -0.15) is 5.10 Å². The van der Waals surface area contributed by atoms with Crippen LogP contribution in [0, 0.1) is 6.92 Å². The van der Waals surface area contributed by atoms with Crippen LogP contribution in [0.5, 0.6) is 0 Å². The maximum atomic E-state index is 5.07. The number of hydrogen-bond donors (Lipinski definition) is 1. The smallest absolute Gasteiger partial charge is 0.162 e. The first-order chi connectivity index (χ1) is 15.5. The highest BCUT2D eigenvalue weighted by Crippen LogP contribution is 2.43. The molecule has 0 amide bonds. The Labute approximate surface area is 187 Å². The van der Waals surface area contributed by atoms with E-state index in [0.717, 1.165) is 51.6 Å². The predicted molar refractivity (Wildman–Crippen MR) is 128 cm³/mol. The van der Waals surface area contributed by atoms with Crippen molar-refractivity contribution in [1.29, 1.82) is 0 Å². The van der Waals surface area contributed by atoms with Crippen molar-refractivity contribution in [3.05, 3.63) is 36.4 Å². The zero-order chi connectivity index (χ0) is 22.1. The van der Waals surface area contributed by atoms with Crippen molar-refractivity contribution >= 4 is 39.4 Å². The Morgan fingerprint density at radius 2 is 1.91 bits per heavy atom. The third-order valence-corrected chi connectivity index (χ3v) is 6.87. The number of aromatic nitrogens is 6. The predicted octanol–water partition coefficient (Wildman–Crippen LogP) is 4.33. The van der Waals surface area contributed by atoms with E-state index in [1.165, 1.54) is 31.4 Å². The lowest BCUT2D eigenvalue weighted by atomic mass is 10.2. The van der Waals surface area contributed by atoms with E-state index in [0.29, 0.717) is 12.1 Å². The molecule has 4 aromatic heterocycles. The molecule has 1 N–H and O–H groups in total. The van der Waals surface area contributed by atoms with Crippen molar-refractivity contribution in [1.82, 2.24) is 33.8 Å². The summed E-state index contributed by atoms with van der Waals surface area (Å²) < 4.78 is 6.24. The summed E-state index contributed by atoms with van der Waals surface area (Å²) in [5.41, 5.74) is 6.29. The van der Waals surface area contributed by atoms with Gasteiger partial charge in [0, 0.05) is 49.9 Å². The van der Waals surface area contributed by atoms with E-state index >= 15 is 0 Å². The molecule has 0 aliphatic heterocycles. The molecular weight excluding hydrogens is 400 g/mol. The van der Waals surface area contributed by atoms with E-state index in [4.69, 9.17) is 4.98 Å². The average molecular weight is 431 g/mol. The van der Waals surface area contributed by atoms with Gasteiger partial charge in [0.15, 0.2) is 11.6 Å². The van der Waals surface area contributed by atoms with Crippen molar-refractivity contribution in [2.24, 2.45) is 14.1 Å². The number of pyridine rings is 1. The molecule has 2 saturated carbocycles. The minimum atomic E-state index is 0.660. The molecule has 2 aliphatic carbocycles. The number of rotatable bonds is 7. The second kappa shape index (κ2) is 6.85. The maximum absolute atomic E-state index is 5.07. The molecule has 6 rings (SSSR count). The van der Waals surface area contributed by atoms with Crippen molar-refractivity contribution in [3.8, 4) is 0 Å². The number of nitrogens with zero attached hydrogens (tertiary/aromatic N) is 7. The lowest BCUT2D eigenvalue weighted by molar-refractivity contribution is 0.375. The molecule has 0 aromatic carbocycles. The SMILES string of the molecule is C=C(c1cc2c3c(ncn3C)c(Nc3cc(C)n(C)n3)nc2n1CC)N(C1CC1)C1CC1. The first-order valence-electron chi connectivity index (χ1n) is 11.6. The van der Waals surface area contributed by atoms with E-state index < -0.39 is 0 Å². The largest absolute Gasteiger partial charge is 0.364 e. The molecular formula is C24H30N8. The first-order valence-corrected chi connectivity index (χ1v) is 11.6.